The van der Waals surface area contributed by atoms with Crippen LogP contribution in [0.25, 0.3) is 0 Å². The number of halogens is 2. The highest BCUT2D eigenvalue weighted by molar-refractivity contribution is 9.10. The molecule has 1 heterocycles. The lowest BCUT2D eigenvalue weighted by Crippen LogP contribution is -2.32. The fourth-order valence-corrected chi connectivity index (χ4v) is 2.96. The summed E-state index contributed by atoms with van der Waals surface area (Å²) in [5.41, 5.74) is 0.796. The Morgan fingerprint density at radius 2 is 2.07 bits per heavy atom. The lowest BCUT2D eigenvalue weighted by molar-refractivity contribution is 0.290. The van der Waals surface area contributed by atoms with Gasteiger partial charge >= 0.3 is 0 Å². The van der Waals surface area contributed by atoms with E-state index in [0.29, 0.717) is 0 Å². The first kappa shape index (κ1) is 11.4. The van der Waals surface area contributed by atoms with Crippen LogP contribution in [0.3, 0.4) is 0 Å². The zero-order valence-corrected chi connectivity index (χ0v) is 10.8. The van der Waals surface area contributed by atoms with Crippen molar-refractivity contribution >= 4 is 27.7 Å². The molecule has 1 aliphatic heterocycles. The van der Waals surface area contributed by atoms with Gasteiger partial charge < -0.3 is 0 Å². The highest BCUT2D eigenvalue weighted by Crippen LogP contribution is 2.18. The predicted octanol–water partition coefficient (Wildman–Crippen LogP) is 3.14. The molecule has 2 rings (SSSR count). The van der Waals surface area contributed by atoms with Gasteiger partial charge in [0.15, 0.2) is 0 Å². The Hall–Kier alpha value is -0.0600. The Morgan fingerprint density at radius 3 is 2.73 bits per heavy atom. The zero-order chi connectivity index (χ0) is 10.7. The van der Waals surface area contributed by atoms with Crippen LogP contribution in [0.15, 0.2) is 22.7 Å². The number of nitrogens with zero attached hydrogens (tertiary/aromatic N) is 1. The number of hydrogen-bond acceptors (Lipinski definition) is 2. The summed E-state index contributed by atoms with van der Waals surface area (Å²) in [5.74, 6) is 2.22. The Balaban J connectivity index is 2.03. The third-order valence-electron chi connectivity index (χ3n) is 2.51. The Kier molecular flexibility index (Phi) is 4.05. The van der Waals surface area contributed by atoms with Crippen LogP contribution in [0.5, 0.6) is 0 Å². The lowest BCUT2D eigenvalue weighted by atomic mass is 10.2. The van der Waals surface area contributed by atoms with Gasteiger partial charge in [0.05, 0.1) is 0 Å². The fourth-order valence-electron chi connectivity index (χ4n) is 1.65. The summed E-state index contributed by atoms with van der Waals surface area (Å²) >= 11 is 5.24. The van der Waals surface area contributed by atoms with Crippen molar-refractivity contribution in [2.24, 2.45) is 0 Å². The predicted molar refractivity (Wildman–Crippen MR) is 66.7 cm³/mol. The highest BCUT2D eigenvalue weighted by Gasteiger charge is 2.12. The molecule has 0 aromatic heterocycles. The maximum absolute atomic E-state index is 13.5. The number of thioether (sulfide) groups is 1. The fraction of sp³-hybridized carbons (Fsp3) is 0.455. The van der Waals surface area contributed by atoms with Crippen molar-refractivity contribution in [3.05, 3.63) is 34.1 Å². The minimum Gasteiger partial charge on any atom is -0.297 e. The van der Waals surface area contributed by atoms with Crippen LogP contribution in [-0.4, -0.2) is 29.5 Å². The second-order valence-corrected chi connectivity index (χ2v) is 5.76. The average Bonchev–Trinajstić information content (AvgIpc) is 2.24. The minimum absolute atomic E-state index is 0.109. The summed E-state index contributed by atoms with van der Waals surface area (Å²) < 4.78 is 14.3. The van der Waals surface area contributed by atoms with Crippen LogP contribution in [0, 0.1) is 5.82 Å². The van der Waals surface area contributed by atoms with E-state index in [0.717, 1.165) is 41.2 Å². The molecule has 1 saturated heterocycles. The molecular weight excluding hydrogens is 277 g/mol. The van der Waals surface area contributed by atoms with E-state index in [2.05, 4.69) is 20.8 Å². The standard InChI is InChI=1S/C11H13BrFNS/c12-10-2-1-9(11(13)7-10)8-14-3-5-15-6-4-14/h1-2,7H,3-6,8H2. The van der Waals surface area contributed by atoms with Crippen molar-refractivity contribution in [3.8, 4) is 0 Å². The van der Waals surface area contributed by atoms with Gasteiger partial charge in [0.25, 0.3) is 0 Å². The molecule has 0 radical (unpaired) electrons. The molecular formula is C11H13BrFNS. The van der Waals surface area contributed by atoms with Crippen LogP contribution in [-0.2, 0) is 6.54 Å². The number of hydrogen-bond donors (Lipinski definition) is 0. The molecule has 1 aromatic carbocycles. The lowest BCUT2D eigenvalue weighted by Gasteiger charge is -2.26. The minimum atomic E-state index is -0.109. The molecule has 0 aliphatic carbocycles. The van der Waals surface area contributed by atoms with Crippen LogP contribution < -0.4 is 0 Å². The molecule has 1 aromatic rings. The van der Waals surface area contributed by atoms with E-state index in [9.17, 15) is 4.39 Å². The first-order chi connectivity index (χ1) is 7.25. The van der Waals surface area contributed by atoms with Crippen molar-refractivity contribution < 1.29 is 4.39 Å². The summed E-state index contributed by atoms with van der Waals surface area (Å²) in [6.07, 6.45) is 0. The monoisotopic (exact) mass is 289 g/mol. The maximum atomic E-state index is 13.5. The van der Waals surface area contributed by atoms with Gasteiger partial charge in [-0.2, -0.15) is 11.8 Å². The van der Waals surface area contributed by atoms with Crippen LogP contribution in [0.1, 0.15) is 5.56 Å². The molecule has 0 unspecified atom stereocenters. The molecule has 0 amide bonds. The molecule has 15 heavy (non-hydrogen) atoms. The smallest absolute Gasteiger partial charge is 0.128 e. The van der Waals surface area contributed by atoms with E-state index in [4.69, 9.17) is 0 Å². The van der Waals surface area contributed by atoms with Gasteiger partial charge in [-0.1, -0.05) is 22.0 Å². The largest absolute Gasteiger partial charge is 0.297 e. The molecule has 0 bridgehead atoms. The highest BCUT2D eigenvalue weighted by atomic mass is 79.9. The molecule has 82 valence electrons. The van der Waals surface area contributed by atoms with Crippen LogP contribution >= 0.6 is 27.7 Å². The van der Waals surface area contributed by atoms with E-state index in [1.807, 2.05) is 23.9 Å². The summed E-state index contributed by atoms with van der Waals surface area (Å²) in [6, 6.07) is 5.30. The topological polar surface area (TPSA) is 3.24 Å². The molecule has 1 nitrogen and oxygen atoms in total. The van der Waals surface area contributed by atoms with E-state index >= 15 is 0 Å². The first-order valence-electron chi connectivity index (χ1n) is 5.00. The van der Waals surface area contributed by atoms with E-state index in [-0.39, 0.29) is 5.82 Å². The van der Waals surface area contributed by atoms with Gasteiger partial charge in [0.1, 0.15) is 5.82 Å². The summed E-state index contributed by atoms with van der Waals surface area (Å²) in [5, 5.41) is 0. The molecule has 1 fully saturated rings. The Bertz CT molecular complexity index is 339. The quantitative estimate of drug-likeness (QED) is 0.823. The third-order valence-corrected chi connectivity index (χ3v) is 3.95. The molecule has 1 aliphatic rings. The second kappa shape index (κ2) is 5.32. The van der Waals surface area contributed by atoms with Gasteiger partial charge in [0, 0.05) is 41.2 Å². The molecule has 0 N–H and O–H groups in total. The van der Waals surface area contributed by atoms with Gasteiger partial charge in [-0.3, -0.25) is 4.90 Å². The van der Waals surface area contributed by atoms with Gasteiger partial charge in [-0.05, 0) is 12.1 Å². The Morgan fingerprint density at radius 1 is 1.33 bits per heavy atom. The van der Waals surface area contributed by atoms with Gasteiger partial charge in [-0.15, -0.1) is 0 Å². The van der Waals surface area contributed by atoms with Crippen molar-refractivity contribution in [3.63, 3.8) is 0 Å². The van der Waals surface area contributed by atoms with E-state index in [1.54, 1.807) is 0 Å². The van der Waals surface area contributed by atoms with E-state index < -0.39 is 0 Å². The zero-order valence-electron chi connectivity index (χ0n) is 8.38. The van der Waals surface area contributed by atoms with Gasteiger partial charge in [0.2, 0.25) is 0 Å². The molecule has 0 atom stereocenters. The SMILES string of the molecule is Fc1cc(Br)ccc1CN1CCSCC1. The molecule has 0 saturated carbocycles. The maximum Gasteiger partial charge on any atom is 0.128 e. The summed E-state index contributed by atoms with van der Waals surface area (Å²) in [6.45, 7) is 2.88. The average molecular weight is 290 g/mol. The van der Waals surface area contributed by atoms with Crippen LogP contribution in [0.4, 0.5) is 4.39 Å². The normalized spacial score (nSPS) is 18.0. The van der Waals surface area contributed by atoms with Crippen molar-refractivity contribution in [2.75, 3.05) is 24.6 Å². The van der Waals surface area contributed by atoms with Crippen LogP contribution in [0.2, 0.25) is 0 Å². The van der Waals surface area contributed by atoms with Crippen molar-refractivity contribution in [2.45, 2.75) is 6.54 Å². The van der Waals surface area contributed by atoms with Crippen molar-refractivity contribution in [1.82, 2.24) is 4.90 Å². The molecule has 0 spiro atoms. The van der Waals surface area contributed by atoms with Crippen molar-refractivity contribution in [1.29, 1.82) is 0 Å². The Labute approximate surface area is 102 Å². The summed E-state index contributed by atoms with van der Waals surface area (Å²) in [7, 11) is 0. The second-order valence-electron chi connectivity index (χ2n) is 3.62. The summed E-state index contributed by atoms with van der Waals surface area (Å²) in [4.78, 5) is 2.31. The third kappa shape index (κ3) is 3.20. The number of rotatable bonds is 2. The first-order valence-corrected chi connectivity index (χ1v) is 6.94. The van der Waals surface area contributed by atoms with E-state index in [1.165, 1.54) is 6.07 Å². The van der Waals surface area contributed by atoms with Gasteiger partial charge in [-0.25, -0.2) is 4.39 Å². The number of benzene rings is 1. The molecule has 4 heteroatoms.